The van der Waals surface area contributed by atoms with Gasteiger partial charge < -0.3 is 9.84 Å². The Hall–Kier alpha value is -1.45. The Labute approximate surface area is 101 Å². The van der Waals surface area contributed by atoms with E-state index in [-0.39, 0.29) is 0 Å². The molecular weight excluding hydrogens is 214 g/mol. The van der Waals surface area contributed by atoms with Gasteiger partial charge in [-0.2, -0.15) is 0 Å². The molecule has 0 bridgehead atoms. The van der Waals surface area contributed by atoms with E-state index in [1.807, 2.05) is 44.2 Å². The van der Waals surface area contributed by atoms with Gasteiger partial charge in [0.05, 0.1) is 11.1 Å². The van der Waals surface area contributed by atoms with Crippen LogP contribution in [-0.4, -0.2) is 22.8 Å². The van der Waals surface area contributed by atoms with Crippen LogP contribution >= 0.6 is 0 Å². The highest BCUT2D eigenvalue weighted by atomic mass is 16.5. The number of nitrogens with zero attached hydrogens (tertiary/aromatic N) is 1. The molecule has 0 aliphatic heterocycles. The number of para-hydroxylation sites is 1. The highest BCUT2D eigenvalue weighted by Crippen LogP contribution is 2.31. The third-order valence-corrected chi connectivity index (χ3v) is 3.14. The second kappa shape index (κ2) is 4.43. The van der Waals surface area contributed by atoms with Crippen LogP contribution < -0.4 is 0 Å². The van der Waals surface area contributed by atoms with E-state index in [0.717, 1.165) is 16.5 Å². The van der Waals surface area contributed by atoms with Crippen LogP contribution in [0.5, 0.6) is 0 Å². The molecule has 3 nitrogen and oxygen atoms in total. The fourth-order valence-corrected chi connectivity index (χ4v) is 1.83. The Morgan fingerprint density at radius 1 is 1.24 bits per heavy atom. The fraction of sp³-hybridized carbons (Fsp3) is 0.357. The number of benzene rings is 1. The van der Waals surface area contributed by atoms with Gasteiger partial charge in [-0.3, -0.25) is 4.98 Å². The van der Waals surface area contributed by atoms with Gasteiger partial charge in [-0.1, -0.05) is 24.3 Å². The molecule has 1 N–H and O–H groups in total. The van der Waals surface area contributed by atoms with Crippen LogP contribution in [0, 0.1) is 0 Å². The van der Waals surface area contributed by atoms with Crippen LogP contribution in [0.2, 0.25) is 0 Å². The van der Waals surface area contributed by atoms with Gasteiger partial charge >= 0.3 is 0 Å². The van der Waals surface area contributed by atoms with Gasteiger partial charge in [-0.05, 0) is 19.9 Å². The van der Waals surface area contributed by atoms with Crippen molar-refractivity contribution in [2.75, 3.05) is 7.11 Å². The van der Waals surface area contributed by atoms with Gasteiger partial charge in [0.1, 0.15) is 6.10 Å². The molecule has 1 atom stereocenters. The third-order valence-electron chi connectivity index (χ3n) is 3.14. The van der Waals surface area contributed by atoms with Crippen LogP contribution in [0.4, 0.5) is 0 Å². The molecule has 1 heterocycles. The van der Waals surface area contributed by atoms with Gasteiger partial charge in [0.15, 0.2) is 0 Å². The summed E-state index contributed by atoms with van der Waals surface area (Å²) in [7, 11) is 1.60. The van der Waals surface area contributed by atoms with Crippen LogP contribution in [-0.2, 0) is 4.74 Å². The molecule has 0 fully saturated rings. The maximum Gasteiger partial charge on any atom is 0.109 e. The van der Waals surface area contributed by atoms with Crippen molar-refractivity contribution in [2.24, 2.45) is 0 Å². The highest BCUT2D eigenvalue weighted by molar-refractivity contribution is 5.82. The number of aliphatic hydroxyl groups is 1. The molecule has 1 aromatic heterocycles. The van der Waals surface area contributed by atoms with Crippen molar-refractivity contribution in [1.82, 2.24) is 4.98 Å². The standard InChI is InChI=1S/C14H17NO2/c1-14(2,17-3)13(16)11-8-4-6-10-7-5-9-15-12(10)11/h4-9,13,16H,1-3H3. The molecule has 0 amide bonds. The van der Waals surface area contributed by atoms with E-state index in [1.54, 1.807) is 13.3 Å². The zero-order valence-corrected chi connectivity index (χ0v) is 10.3. The number of methoxy groups -OCH3 is 1. The number of ether oxygens (including phenoxy) is 1. The summed E-state index contributed by atoms with van der Waals surface area (Å²) in [6.45, 7) is 3.72. The predicted molar refractivity (Wildman–Crippen MR) is 67.8 cm³/mol. The van der Waals surface area contributed by atoms with Gasteiger partial charge in [0.25, 0.3) is 0 Å². The smallest absolute Gasteiger partial charge is 0.109 e. The lowest BCUT2D eigenvalue weighted by Crippen LogP contribution is -2.31. The third kappa shape index (κ3) is 2.16. The topological polar surface area (TPSA) is 42.4 Å². The molecule has 2 rings (SSSR count). The van der Waals surface area contributed by atoms with Crippen LogP contribution in [0.3, 0.4) is 0 Å². The van der Waals surface area contributed by atoms with Gasteiger partial charge in [0, 0.05) is 24.3 Å². The fourth-order valence-electron chi connectivity index (χ4n) is 1.83. The van der Waals surface area contributed by atoms with E-state index in [0.29, 0.717) is 0 Å². The molecule has 17 heavy (non-hydrogen) atoms. The lowest BCUT2D eigenvalue weighted by atomic mass is 9.93. The van der Waals surface area contributed by atoms with Crippen molar-refractivity contribution in [3.8, 4) is 0 Å². The molecule has 0 radical (unpaired) electrons. The Kier molecular flexibility index (Phi) is 3.13. The summed E-state index contributed by atoms with van der Waals surface area (Å²) in [6.07, 6.45) is 1.03. The molecule has 1 unspecified atom stereocenters. The van der Waals surface area contributed by atoms with E-state index >= 15 is 0 Å². The maximum absolute atomic E-state index is 10.4. The number of aromatic nitrogens is 1. The summed E-state index contributed by atoms with van der Waals surface area (Å²) in [4.78, 5) is 4.33. The largest absolute Gasteiger partial charge is 0.385 e. The average molecular weight is 231 g/mol. The van der Waals surface area contributed by atoms with Gasteiger partial charge in [-0.15, -0.1) is 0 Å². The molecular formula is C14H17NO2. The Balaban J connectivity index is 2.56. The number of rotatable bonds is 3. The summed E-state index contributed by atoms with van der Waals surface area (Å²) in [5, 5.41) is 11.4. The minimum atomic E-state index is -0.703. The second-order valence-electron chi connectivity index (χ2n) is 4.63. The normalized spacial score (nSPS) is 13.9. The quantitative estimate of drug-likeness (QED) is 0.883. The van der Waals surface area contributed by atoms with Crippen molar-refractivity contribution >= 4 is 10.9 Å². The number of hydrogen-bond acceptors (Lipinski definition) is 3. The first-order valence-electron chi connectivity index (χ1n) is 5.63. The predicted octanol–water partition coefficient (Wildman–Crippen LogP) is 2.69. The molecule has 0 aliphatic rings. The summed E-state index contributed by atoms with van der Waals surface area (Å²) in [5.74, 6) is 0. The molecule has 2 aromatic rings. The molecule has 0 saturated carbocycles. The maximum atomic E-state index is 10.4. The van der Waals surface area contributed by atoms with Crippen molar-refractivity contribution in [3.63, 3.8) is 0 Å². The van der Waals surface area contributed by atoms with Gasteiger partial charge in [-0.25, -0.2) is 0 Å². The van der Waals surface area contributed by atoms with E-state index in [2.05, 4.69) is 4.98 Å². The van der Waals surface area contributed by atoms with Crippen LogP contribution in [0.25, 0.3) is 10.9 Å². The Morgan fingerprint density at radius 2 is 1.94 bits per heavy atom. The number of pyridine rings is 1. The van der Waals surface area contributed by atoms with Crippen molar-refractivity contribution in [3.05, 3.63) is 42.1 Å². The molecule has 90 valence electrons. The first kappa shape index (κ1) is 12.0. The van der Waals surface area contributed by atoms with Crippen molar-refractivity contribution in [1.29, 1.82) is 0 Å². The molecule has 0 aliphatic carbocycles. The van der Waals surface area contributed by atoms with Crippen molar-refractivity contribution in [2.45, 2.75) is 25.6 Å². The van der Waals surface area contributed by atoms with E-state index < -0.39 is 11.7 Å². The zero-order valence-electron chi connectivity index (χ0n) is 10.3. The number of aliphatic hydroxyl groups excluding tert-OH is 1. The minimum Gasteiger partial charge on any atom is -0.385 e. The lowest BCUT2D eigenvalue weighted by Gasteiger charge is -2.29. The van der Waals surface area contributed by atoms with E-state index in [1.165, 1.54) is 0 Å². The second-order valence-corrected chi connectivity index (χ2v) is 4.63. The van der Waals surface area contributed by atoms with Crippen LogP contribution in [0.15, 0.2) is 36.5 Å². The minimum absolute atomic E-state index is 0.633. The Bertz CT molecular complexity index is 517. The van der Waals surface area contributed by atoms with E-state index in [9.17, 15) is 5.11 Å². The summed E-state index contributed by atoms with van der Waals surface area (Å²) in [6, 6.07) is 9.67. The molecule has 1 aromatic carbocycles. The van der Waals surface area contributed by atoms with Crippen molar-refractivity contribution < 1.29 is 9.84 Å². The van der Waals surface area contributed by atoms with E-state index in [4.69, 9.17) is 4.74 Å². The summed E-state index contributed by atoms with van der Waals surface area (Å²) < 4.78 is 5.32. The molecule has 0 saturated heterocycles. The Morgan fingerprint density at radius 3 is 2.65 bits per heavy atom. The average Bonchev–Trinajstić information content (AvgIpc) is 2.37. The number of fused-ring (bicyclic) bond motifs is 1. The molecule has 3 heteroatoms. The SMILES string of the molecule is COC(C)(C)C(O)c1cccc2cccnc12. The van der Waals surface area contributed by atoms with Crippen LogP contribution in [0.1, 0.15) is 25.5 Å². The zero-order chi connectivity index (χ0) is 12.5. The summed E-state index contributed by atoms with van der Waals surface area (Å²) >= 11 is 0. The monoisotopic (exact) mass is 231 g/mol. The number of hydrogen-bond donors (Lipinski definition) is 1. The highest BCUT2D eigenvalue weighted by Gasteiger charge is 2.30. The first-order valence-corrected chi connectivity index (χ1v) is 5.63. The van der Waals surface area contributed by atoms with Gasteiger partial charge in [0.2, 0.25) is 0 Å². The molecule has 0 spiro atoms. The first-order chi connectivity index (χ1) is 8.06. The lowest BCUT2D eigenvalue weighted by molar-refractivity contribution is -0.0787. The summed E-state index contributed by atoms with van der Waals surface area (Å²) in [5.41, 5.74) is 0.994.